The Labute approximate surface area is 218 Å². The van der Waals surface area contributed by atoms with Crippen molar-refractivity contribution in [3.63, 3.8) is 0 Å². The standard InChI is InChI=1S/C29H36N6O2/c1-21-18-34(20-30-21)26-16-15-23(17-27(26)37-2)25-19-35(33-32-25)28(22-11-7-6-8-12-22)29(36)31-24-13-9-4-3-5-10-14-24/h6-8,11-12,15-20,24,26-28H,3-5,9-10,13-14H2,1-2H3,(H,31,36). The fourth-order valence-electron chi connectivity index (χ4n) is 5.37. The maximum Gasteiger partial charge on any atom is 0.249 e. The number of aromatic nitrogens is 5. The molecule has 1 aromatic carbocycles. The number of carbonyl (C=O) groups excluding carboxylic acids is 1. The molecule has 2 aliphatic rings. The highest BCUT2D eigenvalue weighted by molar-refractivity contribution is 5.84. The summed E-state index contributed by atoms with van der Waals surface area (Å²) in [6.45, 7) is 1.97. The van der Waals surface area contributed by atoms with Crippen molar-refractivity contribution in [2.45, 2.75) is 76.1 Å². The number of aryl methyl sites for hydroxylation is 1. The lowest BCUT2D eigenvalue weighted by Crippen LogP contribution is -2.40. The van der Waals surface area contributed by atoms with Crippen LogP contribution in [0.25, 0.3) is 5.57 Å². The molecule has 2 aromatic heterocycles. The van der Waals surface area contributed by atoms with Crippen LogP contribution in [0.15, 0.2) is 67.3 Å². The summed E-state index contributed by atoms with van der Waals surface area (Å²) in [5, 5.41) is 12.2. The maximum atomic E-state index is 13.6. The van der Waals surface area contributed by atoms with Gasteiger partial charge in [-0.2, -0.15) is 0 Å². The maximum absolute atomic E-state index is 13.6. The van der Waals surface area contributed by atoms with E-state index in [-0.39, 0.29) is 24.1 Å². The van der Waals surface area contributed by atoms with Gasteiger partial charge in [0.25, 0.3) is 0 Å². The van der Waals surface area contributed by atoms with Gasteiger partial charge in [0.1, 0.15) is 11.8 Å². The summed E-state index contributed by atoms with van der Waals surface area (Å²) in [4.78, 5) is 18.0. The second-order valence-electron chi connectivity index (χ2n) is 10.1. The van der Waals surface area contributed by atoms with Crippen molar-refractivity contribution >= 4 is 11.5 Å². The second-order valence-corrected chi connectivity index (χ2v) is 10.1. The molecule has 3 aromatic rings. The van der Waals surface area contributed by atoms with E-state index in [2.05, 4.69) is 37.3 Å². The van der Waals surface area contributed by atoms with Gasteiger partial charge in [-0.1, -0.05) is 79.8 Å². The zero-order chi connectivity index (χ0) is 25.6. The van der Waals surface area contributed by atoms with Crippen LogP contribution in [0.4, 0.5) is 0 Å². The number of nitrogens with zero attached hydrogens (tertiary/aromatic N) is 5. The largest absolute Gasteiger partial charge is 0.375 e. The number of imidazole rings is 1. The number of hydrogen-bond acceptors (Lipinski definition) is 5. The van der Waals surface area contributed by atoms with Crippen LogP contribution in [0.5, 0.6) is 0 Å². The second kappa shape index (κ2) is 11.7. The molecule has 5 rings (SSSR count). The van der Waals surface area contributed by atoms with Crippen molar-refractivity contribution in [2.24, 2.45) is 0 Å². The molecule has 8 heteroatoms. The number of ether oxygens (including phenoxy) is 1. The minimum atomic E-state index is -0.582. The SMILES string of the molecule is COC1C=C(c2cn(C(C(=O)NC3CCCCCCC3)c3ccccc3)nn2)C=CC1n1cnc(C)c1. The summed E-state index contributed by atoms with van der Waals surface area (Å²) in [6, 6.07) is 9.45. The number of hydrogen-bond donors (Lipinski definition) is 1. The molecule has 8 nitrogen and oxygen atoms in total. The molecule has 194 valence electrons. The Morgan fingerprint density at radius 3 is 2.54 bits per heavy atom. The Kier molecular flexibility index (Phi) is 7.94. The van der Waals surface area contributed by atoms with E-state index >= 15 is 0 Å². The minimum Gasteiger partial charge on any atom is -0.375 e. The van der Waals surface area contributed by atoms with Gasteiger partial charge in [-0.05, 0) is 31.4 Å². The average Bonchev–Trinajstić information content (AvgIpc) is 3.55. The molecular formula is C29H36N6O2. The molecule has 37 heavy (non-hydrogen) atoms. The fourth-order valence-corrected chi connectivity index (χ4v) is 5.37. The smallest absolute Gasteiger partial charge is 0.249 e. The van der Waals surface area contributed by atoms with Crippen LogP contribution < -0.4 is 5.32 Å². The monoisotopic (exact) mass is 500 g/mol. The van der Waals surface area contributed by atoms with E-state index in [1.165, 1.54) is 19.3 Å². The van der Waals surface area contributed by atoms with E-state index in [4.69, 9.17) is 4.74 Å². The van der Waals surface area contributed by atoms with Crippen molar-refractivity contribution in [3.8, 4) is 0 Å². The highest BCUT2D eigenvalue weighted by atomic mass is 16.5. The molecule has 0 aliphatic heterocycles. The topological polar surface area (TPSA) is 86.9 Å². The quantitative estimate of drug-likeness (QED) is 0.503. The van der Waals surface area contributed by atoms with Crippen LogP contribution in [0.1, 0.15) is 74.0 Å². The van der Waals surface area contributed by atoms with E-state index in [9.17, 15) is 4.79 Å². The van der Waals surface area contributed by atoms with Gasteiger partial charge in [0, 0.05) is 24.9 Å². The number of amides is 1. The van der Waals surface area contributed by atoms with Crippen molar-refractivity contribution < 1.29 is 9.53 Å². The summed E-state index contributed by atoms with van der Waals surface area (Å²) < 4.78 is 9.53. The number of nitrogens with one attached hydrogen (secondary N) is 1. The van der Waals surface area contributed by atoms with E-state index in [0.717, 1.165) is 42.5 Å². The lowest BCUT2D eigenvalue weighted by Gasteiger charge is -2.25. The number of methoxy groups -OCH3 is 1. The summed E-state index contributed by atoms with van der Waals surface area (Å²) in [6.07, 6.45) is 19.9. The van der Waals surface area contributed by atoms with Gasteiger partial charge >= 0.3 is 0 Å². The third-order valence-corrected chi connectivity index (χ3v) is 7.39. The molecular weight excluding hydrogens is 464 g/mol. The fraction of sp³-hybridized carbons (Fsp3) is 0.448. The number of rotatable bonds is 7. The number of allylic oxidation sites excluding steroid dienone is 2. The molecule has 3 atom stereocenters. The van der Waals surface area contributed by atoms with Crippen LogP contribution in [-0.4, -0.2) is 49.7 Å². The Bertz CT molecular complexity index is 1240. The molecule has 1 saturated carbocycles. The summed E-state index contributed by atoms with van der Waals surface area (Å²) in [5.41, 5.74) is 3.48. The molecule has 2 aliphatic carbocycles. The van der Waals surface area contributed by atoms with Crippen LogP contribution >= 0.6 is 0 Å². The predicted molar refractivity (Wildman–Crippen MR) is 143 cm³/mol. The molecule has 0 spiro atoms. The number of benzene rings is 1. The normalized spacial score (nSPS) is 21.6. The first-order valence-corrected chi connectivity index (χ1v) is 13.3. The van der Waals surface area contributed by atoms with E-state index in [0.29, 0.717) is 5.69 Å². The van der Waals surface area contributed by atoms with Gasteiger partial charge in [0.05, 0.1) is 24.3 Å². The Morgan fingerprint density at radius 2 is 1.84 bits per heavy atom. The highest BCUT2D eigenvalue weighted by Crippen LogP contribution is 2.29. The highest BCUT2D eigenvalue weighted by Gasteiger charge is 2.28. The van der Waals surface area contributed by atoms with Gasteiger partial charge in [-0.25, -0.2) is 9.67 Å². The van der Waals surface area contributed by atoms with Crippen LogP contribution in [0.3, 0.4) is 0 Å². The Hall–Kier alpha value is -3.52. The van der Waals surface area contributed by atoms with Gasteiger partial charge in [-0.15, -0.1) is 5.10 Å². The van der Waals surface area contributed by atoms with E-state index < -0.39 is 6.04 Å². The summed E-state index contributed by atoms with van der Waals surface area (Å²) in [7, 11) is 1.71. The van der Waals surface area contributed by atoms with Crippen molar-refractivity contribution in [3.05, 3.63) is 84.2 Å². The van der Waals surface area contributed by atoms with Gasteiger partial charge in [-0.3, -0.25) is 4.79 Å². The van der Waals surface area contributed by atoms with Crippen molar-refractivity contribution in [1.82, 2.24) is 29.9 Å². The van der Waals surface area contributed by atoms with Gasteiger partial charge < -0.3 is 14.6 Å². The lowest BCUT2D eigenvalue weighted by atomic mass is 9.96. The molecule has 0 radical (unpaired) electrons. The number of carbonyl (C=O) groups is 1. The first kappa shape index (κ1) is 25.1. The third kappa shape index (κ3) is 5.91. The lowest BCUT2D eigenvalue weighted by molar-refractivity contribution is -0.124. The molecule has 0 bridgehead atoms. The van der Waals surface area contributed by atoms with Gasteiger partial charge in [0.2, 0.25) is 5.91 Å². The van der Waals surface area contributed by atoms with Crippen molar-refractivity contribution in [2.75, 3.05) is 7.11 Å². The Balaban J connectivity index is 1.38. The summed E-state index contributed by atoms with van der Waals surface area (Å²) >= 11 is 0. The van der Waals surface area contributed by atoms with E-state index in [1.54, 1.807) is 11.8 Å². The zero-order valence-electron chi connectivity index (χ0n) is 21.7. The molecule has 1 N–H and O–H groups in total. The molecule has 3 unspecified atom stereocenters. The van der Waals surface area contributed by atoms with Crippen molar-refractivity contribution in [1.29, 1.82) is 0 Å². The van der Waals surface area contributed by atoms with Gasteiger partial charge in [0.15, 0.2) is 6.04 Å². The first-order chi connectivity index (χ1) is 18.1. The molecule has 1 amide bonds. The minimum absolute atomic E-state index is 0.0108. The summed E-state index contributed by atoms with van der Waals surface area (Å²) in [5.74, 6) is -0.0355. The molecule has 2 heterocycles. The van der Waals surface area contributed by atoms with E-state index in [1.807, 2.05) is 62.1 Å². The average molecular weight is 501 g/mol. The van der Waals surface area contributed by atoms with Crippen LogP contribution in [0, 0.1) is 6.92 Å². The third-order valence-electron chi connectivity index (χ3n) is 7.39. The van der Waals surface area contributed by atoms with Crippen LogP contribution in [0.2, 0.25) is 0 Å². The first-order valence-electron chi connectivity index (χ1n) is 13.3. The Morgan fingerprint density at radius 1 is 1.08 bits per heavy atom. The van der Waals surface area contributed by atoms with Crippen LogP contribution in [-0.2, 0) is 9.53 Å². The molecule has 1 fully saturated rings. The zero-order valence-corrected chi connectivity index (χ0v) is 21.7. The molecule has 0 saturated heterocycles. The predicted octanol–water partition coefficient (Wildman–Crippen LogP) is 4.81.